The number of benzene rings is 2. The molecule has 0 saturated heterocycles. The third kappa shape index (κ3) is 2.40. The molecule has 2 aromatic rings. The van der Waals surface area contributed by atoms with E-state index in [2.05, 4.69) is 10.8 Å². The molecule has 15 heavy (non-hydrogen) atoms. The molecule has 77 valence electrons. The van der Waals surface area contributed by atoms with Gasteiger partial charge in [0.1, 0.15) is 5.75 Å². The van der Waals surface area contributed by atoms with Crippen molar-refractivity contribution in [3.63, 3.8) is 0 Å². The Kier molecular flexibility index (Phi) is 2.26. The van der Waals surface area contributed by atoms with Gasteiger partial charge in [-0.3, -0.25) is 0 Å². The van der Waals surface area contributed by atoms with E-state index in [0.717, 1.165) is 5.39 Å². The Balaban J connectivity index is 2.39. The van der Waals surface area contributed by atoms with Gasteiger partial charge in [0.15, 0.2) is 0 Å². The molecule has 1 nitrogen and oxygen atoms in total. The zero-order valence-electron chi connectivity index (χ0n) is 7.51. The standard InChI is InChI=1S/C11H6F3O/c12-11(13,14)15-10-6-5-8-3-1-2-4-9(8)7-10/h1-6H. The van der Waals surface area contributed by atoms with E-state index in [0.29, 0.717) is 5.39 Å². The Bertz CT molecular complexity index is 476. The van der Waals surface area contributed by atoms with E-state index in [1.807, 2.05) is 0 Å². The first-order valence-electron chi connectivity index (χ1n) is 4.21. The van der Waals surface area contributed by atoms with E-state index >= 15 is 0 Å². The Labute approximate surface area is 84.1 Å². The fourth-order valence-corrected chi connectivity index (χ4v) is 1.28. The van der Waals surface area contributed by atoms with Gasteiger partial charge in [-0.25, -0.2) is 0 Å². The summed E-state index contributed by atoms with van der Waals surface area (Å²) in [4.78, 5) is 0. The molecule has 4 heteroatoms. The van der Waals surface area contributed by atoms with Crippen LogP contribution in [0.1, 0.15) is 0 Å². The summed E-state index contributed by atoms with van der Waals surface area (Å²) in [5.74, 6) is -0.318. The van der Waals surface area contributed by atoms with Gasteiger partial charge in [-0.1, -0.05) is 30.3 Å². The van der Waals surface area contributed by atoms with Crippen molar-refractivity contribution in [2.24, 2.45) is 0 Å². The topological polar surface area (TPSA) is 9.23 Å². The molecule has 0 bridgehead atoms. The van der Waals surface area contributed by atoms with Gasteiger partial charge in [-0.05, 0) is 16.8 Å². The summed E-state index contributed by atoms with van der Waals surface area (Å²) in [6, 6.07) is 12.4. The van der Waals surface area contributed by atoms with Crippen molar-refractivity contribution in [3.8, 4) is 5.75 Å². The van der Waals surface area contributed by atoms with E-state index in [4.69, 9.17) is 0 Å². The van der Waals surface area contributed by atoms with Crippen molar-refractivity contribution >= 4 is 10.8 Å². The predicted molar refractivity (Wildman–Crippen MR) is 49.5 cm³/mol. The van der Waals surface area contributed by atoms with Crippen molar-refractivity contribution in [2.75, 3.05) is 0 Å². The molecule has 0 atom stereocenters. The number of fused-ring (bicyclic) bond motifs is 1. The molecule has 0 spiro atoms. The van der Waals surface area contributed by atoms with Gasteiger partial charge in [0.25, 0.3) is 0 Å². The van der Waals surface area contributed by atoms with Crippen molar-refractivity contribution in [1.29, 1.82) is 0 Å². The lowest BCUT2D eigenvalue weighted by atomic mass is 10.1. The molecule has 0 aliphatic carbocycles. The van der Waals surface area contributed by atoms with Crippen LogP contribution >= 0.6 is 0 Å². The number of alkyl halides is 3. The second kappa shape index (κ2) is 3.46. The largest absolute Gasteiger partial charge is 0.573 e. The maximum atomic E-state index is 11.9. The molecular formula is C11H6F3O. The van der Waals surface area contributed by atoms with E-state index < -0.39 is 6.36 Å². The summed E-state index contributed by atoms with van der Waals surface area (Å²) >= 11 is 0. The fourth-order valence-electron chi connectivity index (χ4n) is 1.28. The van der Waals surface area contributed by atoms with E-state index in [1.165, 1.54) is 6.07 Å². The van der Waals surface area contributed by atoms with Crippen LogP contribution in [-0.2, 0) is 0 Å². The van der Waals surface area contributed by atoms with Gasteiger partial charge in [0.2, 0.25) is 0 Å². The quantitative estimate of drug-likeness (QED) is 0.701. The Morgan fingerprint density at radius 1 is 1.00 bits per heavy atom. The molecule has 0 aromatic heterocycles. The predicted octanol–water partition coefficient (Wildman–Crippen LogP) is 3.54. The van der Waals surface area contributed by atoms with Crippen LogP contribution in [0.3, 0.4) is 0 Å². The summed E-state index contributed by atoms with van der Waals surface area (Å²) in [6.07, 6.45) is -4.67. The van der Waals surface area contributed by atoms with Crippen LogP contribution in [0.2, 0.25) is 0 Å². The summed E-state index contributed by atoms with van der Waals surface area (Å²) in [6.45, 7) is 0. The van der Waals surface area contributed by atoms with Crippen molar-refractivity contribution < 1.29 is 17.9 Å². The first-order valence-corrected chi connectivity index (χ1v) is 4.21. The van der Waals surface area contributed by atoms with E-state index in [1.54, 1.807) is 30.3 Å². The molecule has 1 radical (unpaired) electrons. The molecule has 0 fully saturated rings. The second-order valence-electron chi connectivity index (χ2n) is 2.96. The monoisotopic (exact) mass is 211 g/mol. The summed E-state index contributed by atoms with van der Waals surface area (Å²) < 4.78 is 39.5. The molecule has 2 aromatic carbocycles. The van der Waals surface area contributed by atoms with Crippen LogP contribution in [0.25, 0.3) is 10.8 Å². The highest BCUT2D eigenvalue weighted by Crippen LogP contribution is 2.25. The first kappa shape index (κ1) is 9.83. The normalized spacial score (nSPS) is 11.7. The average Bonchev–Trinajstić information content (AvgIpc) is 2.15. The minimum Gasteiger partial charge on any atom is -0.405 e. The van der Waals surface area contributed by atoms with E-state index in [9.17, 15) is 13.2 Å². The van der Waals surface area contributed by atoms with Gasteiger partial charge in [-0.15, -0.1) is 13.2 Å². The number of hydrogen-bond donors (Lipinski definition) is 0. The minimum atomic E-state index is -4.67. The third-order valence-corrected chi connectivity index (χ3v) is 1.86. The highest BCUT2D eigenvalue weighted by Gasteiger charge is 2.31. The molecule has 0 heterocycles. The maximum absolute atomic E-state index is 11.9. The van der Waals surface area contributed by atoms with Crippen LogP contribution in [0.4, 0.5) is 13.2 Å². The lowest BCUT2D eigenvalue weighted by molar-refractivity contribution is -0.274. The molecule has 0 saturated carbocycles. The lowest BCUT2D eigenvalue weighted by Crippen LogP contribution is -2.17. The molecule has 0 N–H and O–H groups in total. The van der Waals surface area contributed by atoms with Crippen molar-refractivity contribution in [1.82, 2.24) is 0 Å². The molecule has 0 unspecified atom stereocenters. The maximum Gasteiger partial charge on any atom is 0.573 e. The number of hydrogen-bond acceptors (Lipinski definition) is 1. The third-order valence-electron chi connectivity index (χ3n) is 1.86. The fraction of sp³-hybridized carbons (Fsp3) is 0.0909. The van der Waals surface area contributed by atoms with Crippen molar-refractivity contribution in [3.05, 3.63) is 42.5 Å². The van der Waals surface area contributed by atoms with Crippen LogP contribution < -0.4 is 4.74 Å². The van der Waals surface area contributed by atoms with Crippen LogP contribution in [0, 0.1) is 6.07 Å². The van der Waals surface area contributed by atoms with Crippen molar-refractivity contribution in [2.45, 2.75) is 6.36 Å². The Morgan fingerprint density at radius 2 is 1.73 bits per heavy atom. The number of rotatable bonds is 1. The second-order valence-corrected chi connectivity index (χ2v) is 2.96. The molecule has 0 amide bonds. The average molecular weight is 211 g/mol. The highest BCUT2D eigenvalue weighted by atomic mass is 19.4. The lowest BCUT2D eigenvalue weighted by Gasteiger charge is -2.08. The van der Waals surface area contributed by atoms with Gasteiger partial charge in [-0.2, -0.15) is 0 Å². The Morgan fingerprint density at radius 3 is 2.47 bits per heavy atom. The smallest absolute Gasteiger partial charge is 0.405 e. The SMILES string of the molecule is FC(F)(F)Oc1[c]c2ccccc2cc1. The first-order chi connectivity index (χ1) is 7.04. The van der Waals surface area contributed by atoms with Crippen LogP contribution in [-0.4, -0.2) is 6.36 Å². The van der Waals surface area contributed by atoms with Gasteiger partial charge in [0.05, 0.1) is 0 Å². The van der Waals surface area contributed by atoms with Crippen LogP contribution in [0.15, 0.2) is 36.4 Å². The molecule has 2 rings (SSSR count). The number of ether oxygens (including phenoxy) is 1. The summed E-state index contributed by atoms with van der Waals surface area (Å²) in [7, 11) is 0. The molecule has 0 aliphatic heterocycles. The van der Waals surface area contributed by atoms with Crippen LogP contribution in [0.5, 0.6) is 5.75 Å². The zero-order valence-corrected chi connectivity index (χ0v) is 7.51. The summed E-state index contributed by atoms with van der Waals surface area (Å²) in [5, 5.41) is 1.42. The van der Waals surface area contributed by atoms with Gasteiger partial charge in [0, 0.05) is 6.07 Å². The summed E-state index contributed by atoms with van der Waals surface area (Å²) in [5.41, 5.74) is 0. The van der Waals surface area contributed by atoms with Gasteiger partial charge < -0.3 is 4.74 Å². The Hall–Kier alpha value is -1.71. The minimum absolute atomic E-state index is 0.318. The molecule has 0 aliphatic rings. The number of halogens is 3. The zero-order chi connectivity index (χ0) is 10.9. The highest BCUT2D eigenvalue weighted by molar-refractivity contribution is 5.83. The molecular weight excluding hydrogens is 205 g/mol. The van der Waals surface area contributed by atoms with E-state index in [-0.39, 0.29) is 5.75 Å². The van der Waals surface area contributed by atoms with Gasteiger partial charge >= 0.3 is 6.36 Å².